The maximum atomic E-state index is 14.0. The Balaban J connectivity index is 2.17. The average molecular weight is 349 g/mol. The van der Waals surface area contributed by atoms with E-state index in [-0.39, 0.29) is 17.0 Å². The van der Waals surface area contributed by atoms with E-state index >= 15 is 0 Å². The topological polar surface area (TPSA) is 89.9 Å². The molecule has 1 aromatic carbocycles. The van der Waals surface area contributed by atoms with Crippen LogP contribution in [0.1, 0.15) is 18.0 Å². The number of alkyl halides is 1. The van der Waals surface area contributed by atoms with Crippen molar-refractivity contribution in [2.75, 3.05) is 13.2 Å². The highest BCUT2D eigenvalue weighted by atomic mass is 35.5. The third kappa shape index (κ3) is 3.70. The van der Waals surface area contributed by atoms with Crippen LogP contribution < -0.4 is 5.32 Å². The Morgan fingerprint density at radius 1 is 1.48 bits per heavy atom. The van der Waals surface area contributed by atoms with Gasteiger partial charge in [0.25, 0.3) is 0 Å². The highest BCUT2D eigenvalue weighted by molar-refractivity contribution is 6.30. The standard InChI is InChI=1S/C14H15ClF2N2O4/c15-9-3-1-2-8(12(9)17)10(6-20)18-13(21)11-4-7(16)5-19(11)14(22)23/h1-3,7,10-11,20H,4-6H2,(H,18,21)(H,22,23)/t7?,10-,11?/m0/s1. The Morgan fingerprint density at radius 3 is 2.78 bits per heavy atom. The van der Waals surface area contributed by atoms with Crippen molar-refractivity contribution >= 4 is 23.6 Å². The predicted octanol–water partition coefficient (Wildman–Crippen LogP) is 1.72. The third-order valence-corrected chi connectivity index (χ3v) is 3.95. The number of hydrogen-bond acceptors (Lipinski definition) is 3. The van der Waals surface area contributed by atoms with Gasteiger partial charge in [0, 0.05) is 12.0 Å². The lowest BCUT2D eigenvalue weighted by atomic mass is 10.1. The molecular weight excluding hydrogens is 334 g/mol. The van der Waals surface area contributed by atoms with Gasteiger partial charge in [-0.05, 0) is 6.07 Å². The second-order valence-electron chi connectivity index (χ2n) is 5.17. The number of aliphatic hydroxyl groups excluding tert-OH is 1. The van der Waals surface area contributed by atoms with Crippen molar-refractivity contribution in [1.82, 2.24) is 10.2 Å². The molecule has 1 heterocycles. The summed E-state index contributed by atoms with van der Waals surface area (Å²) >= 11 is 5.66. The summed E-state index contributed by atoms with van der Waals surface area (Å²) < 4.78 is 27.4. The van der Waals surface area contributed by atoms with Crippen molar-refractivity contribution in [3.63, 3.8) is 0 Å². The summed E-state index contributed by atoms with van der Waals surface area (Å²) in [5.74, 6) is -1.59. The second kappa shape index (κ2) is 7.10. The molecule has 23 heavy (non-hydrogen) atoms. The fourth-order valence-corrected chi connectivity index (χ4v) is 2.71. The molecule has 9 heteroatoms. The van der Waals surface area contributed by atoms with E-state index in [9.17, 15) is 23.5 Å². The van der Waals surface area contributed by atoms with Crippen LogP contribution in [0.4, 0.5) is 13.6 Å². The number of rotatable bonds is 4. The fourth-order valence-electron chi connectivity index (χ4n) is 2.52. The van der Waals surface area contributed by atoms with Gasteiger partial charge in [0.15, 0.2) is 0 Å². The molecule has 126 valence electrons. The lowest BCUT2D eigenvalue weighted by Crippen LogP contribution is -2.47. The summed E-state index contributed by atoms with van der Waals surface area (Å²) in [7, 11) is 0. The third-order valence-electron chi connectivity index (χ3n) is 3.65. The van der Waals surface area contributed by atoms with Crippen molar-refractivity contribution in [2.24, 2.45) is 0 Å². The van der Waals surface area contributed by atoms with Crippen LogP contribution in [-0.4, -0.2) is 52.5 Å². The van der Waals surface area contributed by atoms with Crippen LogP contribution in [0.2, 0.25) is 5.02 Å². The van der Waals surface area contributed by atoms with Crippen LogP contribution in [0.25, 0.3) is 0 Å². The molecule has 0 aromatic heterocycles. The summed E-state index contributed by atoms with van der Waals surface area (Å²) in [6, 6.07) is 1.76. The van der Waals surface area contributed by atoms with Gasteiger partial charge >= 0.3 is 6.09 Å². The zero-order chi connectivity index (χ0) is 17.1. The van der Waals surface area contributed by atoms with Gasteiger partial charge in [0.2, 0.25) is 5.91 Å². The average Bonchev–Trinajstić information content (AvgIpc) is 2.90. The van der Waals surface area contributed by atoms with Crippen LogP contribution >= 0.6 is 11.6 Å². The van der Waals surface area contributed by atoms with Gasteiger partial charge in [-0.1, -0.05) is 23.7 Å². The van der Waals surface area contributed by atoms with Gasteiger partial charge < -0.3 is 15.5 Å². The molecule has 1 fully saturated rings. The van der Waals surface area contributed by atoms with Gasteiger partial charge in [0.05, 0.1) is 24.2 Å². The Labute approximate surface area is 135 Å². The van der Waals surface area contributed by atoms with E-state index in [1.54, 1.807) is 0 Å². The molecule has 2 amide bonds. The molecule has 0 bridgehead atoms. The molecule has 0 saturated carbocycles. The molecule has 0 aliphatic carbocycles. The minimum atomic E-state index is -1.45. The van der Waals surface area contributed by atoms with E-state index in [0.717, 1.165) is 0 Å². The monoisotopic (exact) mass is 348 g/mol. The SMILES string of the molecule is O=C(N[C@@H](CO)c1cccc(Cl)c1F)C1CC(F)CN1C(=O)O. The van der Waals surface area contributed by atoms with E-state index in [1.165, 1.54) is 18.2 Å². The van der Waals surface area contributed by atoms with Crippen molar-refractivity contribution in [1.29, 1.82) is 0 Å². The first-order chi connectivity index (χ1) is 10.8. The van der Waals surface area contributed by atoms with Crippen LogP contribution in [0.5, 0.6) is 0 Å². The summed E-state index contributed by atoms with van der Waals surface area (Å²) in [4.78, 5) is 23.9. The first kappa shape index (κ1) is 17.4. The van der Waals surface area contributed by atoms with E-state index in [0.29, 0.717) is 4.90 Å². The first-order valence-corrected chi connectivity index (χ1v) is 7.21. The number of nitrogens with zero attached hydrogens (tertiary/aromatic N) is 1. The van der Waals surface area contributed by atoms with Crippen molar-refractivity contribution in [2.45, 2.75) is 24.7 Å². The highest BCUT2D eigenvalue weighted by Crippen LogP contribution is 2.25. The van der Waals surface area contributed by atoms with E-state index in [4.69, 9.17) is 16.7 Å². The maximum absolute atomic E-state index is 14.0. The second-order valence-corrected chi connectivity index (χ2v) is 5.58. The van der Waals surface area contributed by atoms with Gasteiger partial charge in [-0.25, -0.2) is 13.6 Å². The van der Waals surface area contributed by atoms with E-state index < -0.39 is 49.2 Å². The Bertz CT molecular complexity index is 616. The summed E-state index contributed by atoms with van der Waals surface area (Å²) in [5.41, 5.74) is -0.0370. The molecule has 2 rings (SSSR count). The molecule has 3 N–H and O–H groups in total. The van der Waals surface area contributed by atoms with Crippen molar-refractivity contribution in [3.8, 4) is 0 Å². The lowest BCUT2D eigenvalue weighted by molar-refractivity contribution is -0.126. The Morgan fingerprint density at radius 2 is 2.17 bits per heavy atom. The summed E-state index contributed by atoms with van der Waals surface area (Å²) in [5, 5.41) is 20.5. The van der Waals surface area contributed by atoms with Crippen molar-refractivity contribution in [3.05, 3.63) is 34.6 Å². The number of carbonyl (C=O) groups is 2. The van der Waals surface area contributed by atoms with Gasteiger partial charge in [-0.15, -0.1) is 0 Å². The Kier molecular flexibility index (Phi) is 5.38. The molecule has 1 aliphatic rings. The molecule has 2 unspecified atom stereocenters. The summed E-state index contributed by atoms with van der Waals surface area (Å²) in [6.45, 7) is -1.02. The van der Waals surface area contributed by atoms with E-state index in [2.05, 4.69) is 5.32 Å². The molecule has 1 aromatic rings. The minimum Gasteiger partial charge on any atom is -0.465 e. The number of aliphatic hydroxyl groups is 1. The van der Waals surface area contributed by atoms with Crippen LogP contribution in [0.3, 0.4) is 0 Å². The zero-order valence-electron chi connectivity index (χ0n) is 11.9. The minimum absolute atomic E-state index is 0.0370. The fraction of sp³-hybridized carbons (Fsp3) is 0.429. The van der Waals surface area contributed by atoms with Gasteiger partial charge in [-0.3, -0.25) is 9.69 Å². The molecule has 6 nitrogen and oxygen atoms in total. The number of carbonyl (C=O) groups excluding carboxylic acids is 1. The Hall–Kier alpha value is -1.93. The molecule has 0 radical (unpaired) electrons. The number of likely N-dealkylation sites (tertiary alicyclic amines) is 1. The quantitative estimate of drug-likeness (QED) is 0.773. The number of nitrogens with one attached hydrogen (secondary N) is 1. The molecule has 1 saturated heterocycles. The predicted molar refractivity (Wildman–Crippen MR) is 77.4 cm³/mol. The van der Waals surface area contributed by atoms with Crippen LogP contribution in [0, 0.1) is 5.82 Å². The maximum Gasteiger partial charge on any atom is 0.408 e. The van der Waals surface area contributed by atoms with Crippen LogP contribution in [-0.2, 0) is 4.79 Å². The number of carboxylic acid groups (broad SMARTS) is 1. The number of benzene rings is 1. The zero-order valence-corrected chi connectivity index (χ0v) is 12.6. The normalized spacial score (nSPS) is 22.0. The summed E-state index contributed by atoms with van der Waals surface area (Å²) in [6.07, 6.45) is -3.15. The number of hydrogen-bond donors (Lipinski definition) is 3. The van der Waals surface area contributed by atoms with Crippen molar-refractivity contribution < 1.29 is 28.6 Å². The number of halogens is 3. The highest BCUT2D eigenvalue weighted by Gasteiger charge is 2.40. The molecular formula is C14H15ClF2N2O4. The van der Waals surface area contributed by atoms with Crippen LogP contribution in [0.15, 0.2) is 18.2 Å². The van der Waals surface area contributed by atoms with E-state index in [1.807, 2.05) is 0 Å². The largest absolute Gasteiger partial charge is 0.465 e. The smallest absolute Gasteiger partial charge is 0.408 e. The molecule has 1 aliphatic heterocycles. The van der Waals surface area contributed by atoms with Gasteiger partial charge in [0.1, 0.15) is 18.0 Å². The van der Waals surface area contributed by atoms with Gasteiger partial charge in [-0.2, -0.15) is 0 Å². The first-order valence-electron chi connectivity index (χ1n) is 6.84. The molecule has 0 spiro atoms. The lowest BCUT2D eigenvalue weighted by Gasteiger charge is -2.24. The molecule has 3 atom stereocenters. The number of amides is 2.